The SMILES string of the molecule is COc1ccc([C@@H]2[C@@H](C(N)=O)C(=O)N[C@](O)(c3ccccc3)[C@H]2C#N)cc1. The topological polar surface area (TPSA) is 125 Å². The summed E-state index contributed by atoms with van der Waals surface area (Å²) >= 11 is 0. The van der Waals surface area contributed by atoms with Crippen LogP contribution in [-0.2, 0) is 15.3 Å². The van der Waals surface area contributed by atoms with E-state index in [9.17, 15) is 20.0 Å². The Hall–Kier alpha value is -3.37. The fraction of sp³-hybridized carbons (Fsp3) is 0.250. The molecule has 4 N–H and O–H groups in total. The second-order valence-electron chi connectivity index (χ2n) is 6.41. The number of carbonyl (C=O) groups is 2. The van der Waals surface area contributed by atoms with Crippen molar-refractivity contribution in [3.05, 3.63) is 65.7 Å². The van der Waals surface area contributed by atoms with Crippen molar-refractivity contribution < 1.29 is 19.4 Å². The van der Waals surface area contributed by atoms with E-state index >= 15 is 0 Å². The van der Waals surface area contributed by atoms with Crippen molar-refractivity contribution in [2.24, 2.45) is 17.6 Å². The van der Waals surface area contributed by atoms with Crippen LogP contribution in [-0.4, -0.2) is 24.0 Å². The van der Waals surface area contributed by atoms with Gasteiger partial charge in [-0.2, -0.15) is 5.26 Å². The van der Waals surface area contributed by atoms with Gasteiger partial charge in [0, 0.05) is 11.5 Å². The summed E-state index contributed by atoms with van der Waals surface area (Å²) in [5.41, 5.74) is 4.41. The number of ether oxygens (including phenoxy) is 1. The van der Waals surface area contributed by atoms with E-state index in [0.29, 0.717) is 16.9 Å². The van der Waals surface area contributed by atoms with Gasteiger partial charge in [-0.1, -0.05) is 42.5 Å². The summed E-state index contributed by atoms with van der Waals surface area (Å²) in [7, 11) is 1.52. The maximum Gasteiger partial charge on any atom is 0.235 e. The summed E-state index contributed by atoms with van der Waals surface area (Å²) in [5, 5.41) is 23.6. The number of amides is 2. The minimum Gasteiger partial charge on any atom is -0.497 e. The number of hydrogen-bond acceptors (Lipinski definition) is 5. The number of nitrogens with zero attached hydrogens (tertiary/aromatic N) is 1. The number of primary amides is 1. The lowest BCUT2D eigenvalue weighted by atomic mass is 9.67. The molecule has 4 atom stereocenters. The van der Waals surface area contributed by atoms with Gasteiger partial charge in [0.25, 0.3) is 0 Å². The lowest BCUT2D eigenvalue weighted by Crippen LogP contribution is -2.62. The zero-order chi connectivity index (χ0) is 19.6. The normalized spacial score (nSPS) is 27.3. The number of nitriles is 1. The molecule has 0 saturated carbocycles. The summed E-state index contributed by atoms with van der Waals surface area (Å²) in [4.78, 5) is 24.7. The predicted molar refractivity (Wildman–Crippen MR) is 96.0 cm³/mol. The first-order valence-corrected chi connectivity index (χ1v) is 8.35. The van der Waals surface area contributed by atoms with Gasteiger partial charge in [0.2, 0.25) is 11.8 Å². The van der Waals surface area contributed by atoms with Gasteiger partial charge in [-0.3, -0.25) is 9.59 Å². The maximum absolute atomic E-state index is 12.7. The number of piperidine rings is 1. The van der Waals surface area contributed by atoms with E-state index in [-0.39, 0.29) is 0 Å². The molecule has 1 aliphatic rings. The molecule has 3 rings (SSSR count). The van der Waals surface area contributed by atoms with Crippen LogP contribution in [0.15, 0.2) is 54.6 Å². The van der Waals surface area contributed by atoms with Crippen LogP contribution in [0.3, 0.4) is 0 Å². The minimum absolute atomic E-state index is 0.353. The van der Waals surface area contributed by atoms with Gasteiger partial charge >= 0.3 is 0 Å². The van der Waals surface area contributed by atoms with Gasteiger partial charge in [-0.15, -0.1) is 0 Å². The average Bonchev–Trinajstić information content (AvgIpc) is 2.68. The third kappa shape index (κ3) is 3.11. The summed E-state index contributed by atoms with van der Waals surface area (Å²) in [5.74, 6) is -4.33. The van der Waals surface area contributed by atoms with E-state index in [1.54, 1.807) is 54.6 Å². The quantitative estimate of drug-likeness (QED) is 0.697. The van der Waals surface area contributed by atoms with Crippen molar-refractivity contribution in [3.63, 3.8) is 0 Å². The highest BCUT2D eigenvalue weighted by molar-refractivity contribution is 6.01. The standard InChI is InChI=1S/C20H19N3O4/c1-27-14-9-7-12(8-10-14)16-15(11-21)20(26,13-5-3-2-4-6-13)23-19(25)17(16)18(22)24/h2-10,15-17,26H,1H3,(H2,22,24)(H,23,25)/t15-,16-,17-,20-/m0/s1. The van der Waals surface area contributed by atoms with E-state index < -0.39 is 35.3 Å². The predicted octanol–water partition coefficient (Wildman–Crippen LogP) is 0.995. The molecule has 2 aromatic rings. The molecule has 1 fully saturated rings. The average molecular weight is 365 g/mol. The molecule has 138 valence electrons. The van der Waals surface area contributed by atoms with Gasteiger partial charge in [0.1, 0.15) is 17.6 Å². The highest BCUT2D eigenvalue weighted by atomic mass is 16.5. The van der Waals surface area contributed by atoms with Crippen molar-refractivity contribution in [1.29, 1.82) is 5.26 Å². The Bertz CT molecular complexity index is 892. The Labute approximate surface area is 156 Å². The number of benzene rings is 2. The lowest BCUT2D eigenvalue weighted by Gasteiger charge is -2.44. The third-order valence-electron chi connectivity index (χ3n) is 4.92. The van der Waals surface area contributed by atoms with Gasteiger partial charge in [0.05, 0.1) is 13.2 Å². The van der Waals surface area contributed by atoms with Crippen LogP contribution in [0.5, 0.6) is 5.75 Å². The Kier molecular flexibility index (Phi) is 4.84. The fourth-order valence-electron chi connectivity index (χ4n) is 3.59. The number of aliphatic hydroxyl groups is 1. The van der Waals surface area contributed by atoms with E-state index in [2.05, 4.69) is 11.4 Å². The van der Waals surface area contributed by atoms with E-state index in [1.807, 2.05) is 0 Å². The summed E-state index contributed by atoms with van der Waals surface area (Å²) in [6, 6.07) is 17.1. The molecule has 7 nitrogen and oxygen atoms in total. The molecule has 1 heterocycles. The van der Waals surface area contributed by atoms with E-state index in [1.165, 1.54) is 7.11 Å². The Morgan fingerprint density at radius 1 is 1.22 bits per heavy atom. The second-order valence-corrected chi connectivity index (χ2v) is 6.41. The number of hydrogen-bond donors (Lipinski definition) is 3. The smallest absolute Gasteiger partial charge is 0.235 e. The van der Waals surface area contributed by atoms with E-state index in [4.69, 9.17) is 10.5 Å². The molecule has 0 radical (unpaired) electrons. The maximum atomic E-state index is 12.7. The first-order valence-electron chi connectivity index (χ1n) is 8.35. The molecule has 1 saturated heterocycles. The molecule has 1 aliphatic heterocycles. The molecule has 27 heavy (non-hydrogen) atoms. The van der Waals surface area contributed by atoms with Gasteiger partial charge in [0.15, 0.2) is 5.72 Å². The van der Waals surface area contributed by atoms with Crippen molar-refractivity contribution in [3.8, 4) is 11.8 Å². The molecular weight excluding hydrogens is 346 g/mol. The summed E-state index contributed by atoms with van der Waals surface area (Å²) < 4.78 is 5.13. The zero-order valence-corrected chi connectivity index (χ0v) is 14.6. The van der Waals surface area contributed by atoms with Crippen molar-refractivity contribution in [2.75, 3.05) is 7.11 Å². The fourth-order valence-corrected chi connectivity index (χ4v) is 3.59. The highest BCUT2D eigenvalue weighted by Gasteiger charge is 2.55. The van der Waals surface area contributed by atoms with Crippen LogP contribution in [0, 0.1) is 23.2 Å². The van der Waals surface area contributed by atoms with Crippen LogP contribution in [0.25, 0.3) is 0 Å². The van der Waals surface area contributed by atoms with Gasteiger partial charge in [-0.05, 0) is 17.7 Å². The van der Waals surface area contributed by atoms with Gasteiger partial charge in [-0.25, -0.2) is 0 Å². The first-order chi connectivity index (χ1) is 12.9. The van der Waals surface area contributed by atoms with Crippen molar-refractivity contribution in [2.45, 2.75) is 11.6 Å². The molecular formula is C20H19N3O4. The van der Waals surface area contributed by atoms with Crippen LogP contribution in [0.1, 0.15) is 17.0 Å². The molecule has 0 aliphatic carbocycles. The highest BCUT2D eigenvalue weighted by Crippen LogP contribution is 2.45. The van der Waals surface area contributed by atoms with Crippen molar-refractivity contribution in [1.82, 2.24) is 5.32 Å². The molecule has 0 unspecified atom stereocenters. The Morgan fingerprint density at radius 2 is 1.85 bits per heavy atom. The molecule has 2 aromatic carbocycles. The molecule has 2 amide bonds. The van der Waals surface area contributed by atoms with Crippen LogP contribution in [0.2, 0.25) is 0 Å². The number of methoxy groups -OCH3 is 1. The number of nitrogens with one attached hydrogen (secondary N) is 1. The van der Waals surface area contributed by atoms with Crippen LogP contribution < -0.4 is 15.8 Å². The molecule has 0 bridgehead atoms. The van der Waals surface area contributed by atoms with Gasteiger partial charge < -0.3 is 20.9 Å². The summed E-state index contributed by atoms with van der Waals surface area (Å²) in [6.07, 6.45) is 0. The number of rotatable bonds is 4. The lowest BCUT2D eigenvalue weighted by molar-refractivity contribution is -0.153. The van der Waals surface area contributed by atoms with Crippen molar-refractivity contribution >= 4 is 11.8 Å². The zero-order valence-electron chi connectivity index (χ0n) is 14.6. The third-order valence-corrected chi connectivity index (χ3v) is 4.92. The monoisotopic (exact) mass is 365 g/mol. The number of carbonyl (C=O) groups excluding carboxylic acids is 2. The van der Waals surface area contributed by atoms with E-state index in [0.717, 1.165) is 0 Å². The molecule has 0 aromatic heterocycles. The van der Waals surface area contributed by atoms with Crippen LogP contribution >= 0.6 is 0 Å². The van der Waals surface area contributed by atoms with Crippen LogP contribution in [0.4, 0.5) is 0 Å². The molecule has 7 heteroatoms. The largest absolute Gasteiger partial charge is 0.497 e. The Balaban J connectivity index is 2.16. The Morgan fingerprint density at radius 3 is 2.37 bits per heavy atom. The summed E-state index contributed by atoms with van der Waals surface area (Å²) in [6.45, 7) is 0. The number of nitrogens with two attached hydrogens (primary N) is 1. The first kappa shape index (κ1) is 18.4. The minimum atomic E-state index is -1.95. The second kappa shape index (κ2) is 7.09. The molecule has 0 spiro atoms.